The Kier molecular flexibility index (Phi) is 4.77. The van der Waals surface area contributed by atoms with Crippen LogP contribution in [0.1, 0.15) is 0 Å². The third kappa shape index (κ3) is 3.46. The van der Waals surface area contributed by atoms with Crippen LogP contribution in [0.2, 0.25) is 5.02 Å². The molecule has 1 aliphatic rings. The van der Waals surface area contributed by atoms with Gasteiger partial charge in [0.25, 0.3) is 0 Å². The highest BCUT2D eigenvalue weighted by atomic mass is 35.5. The summed E-state index contributed by atoms with van der Waals surface area (Å²) in [5.41, 5.74) is 3.10. The molecule has 0 saturated carbocycles. The number of carbonyl (C=O) groups excluding carboxylic acids is 1. The Bertz CT molecular complexity index is 1250. The summed E-state index contributed by atoms with van der Waals surface area (Å²) >= 11 is 6.41. The summed E-state index contributed by atoms with van der Waals surface area (Å²) in [6.07, 6.45) is 0. The van der Waals surface area contributed by atoms with Crippen molar-refractivity contribution in [3.63, 3.8) is 0 Å². The van der Waals surface area contributed by atoms with Gasteiger partial charge in [0.2, 0.25) is 5.91 Å². The minimum absolute atomic E-state index is 0.0928. The van der Waals surface area contributed by atoms with Gasteiger partial charge in [-0.25, -0.2) is 4.98 Å². The predicted molar refractivity (Wildman–Crippen MR) is 116 cm³/mol. The number of carbonyl (C=O) groups is 1. The summed E-state index contributed by atoms with van der Waals surface area (Å²) < 4.78 is 13.0. The van der Waals surface area contributed by atoms with Crippen LogP contribution in [0.25, 0.3) is 22.4 Å². The normalized spacial score (nSPS) is 12.7. The minimum Gasteiger partial charge on any atom is -0.486 e. The second-order valence-electron chi connectivity index (χ2n) is 6.90. The van der Waals surface area contributed by atoms with Crippen LogP contribution < -0.4 is 14.8 Å². The molecule has 0 fully saturated rings. The van der Waals surface area contributed by atoms with Crippen LogP contribution in [-0.4, -0.2) is 28.7 Å². The van der Waals surface area contributed by atoms with Crippen molar-refractivity contribution in [2.24, 2.45) is 0 Å². The average molecular weight is 420 g/mol. The van der Waals surface area contributed by atoms with Crippen molar-refractivity contribution in [2.75, 3.05) is 18.5 Å². The lowest BCUT2D eigenvalue weighted by molar-refractivity contribution is -0.116. The molecule has 4 aromatic rings. The van der Waals surface area contributed by atoms with Gasteiger partial charge in [0.05, 0.1) is 16.1 Å². The first-order valence-corrected chi connectivity index (χ1v) is 9.96. The lowest BCUT2D eigenvalue weighted by Crippen LogP contribution is -2.20. The number of halogens is 1. The fraction of sp³-hybridized carbons (Fsp3) is 0.130. The van der Waals surface area contributed by atoms with Gasteiger partial charge in [0.1, 0.15) is 25.6 Å². The zero-order valence-electron chi connectivity index (χ0n) is 16.0. The number of anilines is 1. The molecule has 0 bridgehead atoms. The zero-order chi connectivity index (χ0) is 20.5. The van der Waals surface area contributed by atoms with E-state index in [1.807, 2.05) is 53.1 Å². The Labute approximate surface area is 178 Å². The number of fused-ring (bicyclic) bond motifs is 2. The monoisotopic (exact) mass is 419 g/mol. The van der Waals surface area contributed by atoms with Gasteiger partial charge in [-0.2, -0.15) is 0 Å². The largest absolute Gasteiger partial charge is 0.486 e. The summed E-state index contributed by atoms with van der Waals surface area (Å²) in [6.45, 7) is 1.11. The first-order valence-electron chi connectivity index (χ1n) is 9.59. The number of nitrogens with one attached hydrogen (secondary N) is 1. The molecule has 1 aliphatic heterocycles. The average Bonchev–Trinajstić information content (AvgIpc) is 3.12. The standard InChI is InChI=1S/C23H18ClN3O3/c24-17-6-2-1-5-16(17)23-26-18-7-3-4-8-19(18)27(23)14-22(28)25-15-9-10-20-21(13-15)30-12-11-29-20/h1-10,13H,11-12,14H2,(H,25,28). The third-order valence-electron chi connectivity index (χ3n) is 4.90. The Balaban J connectivity index is 1.47. The molecule has 5 rings (SSSR count). The molecule has 0 unspecified atom stereocenters. The summed E-state index contributed by atoms with van der Waals surface area (Å²) in [6, 6.07) is 20.6. The van der Waals surface area contributed by atoms with E-state index in [9.17, 15) is 4.79 Å². The number of imidazole rings is 1. The van der Waals surface area contributed by atoms with E-state index in [0.29, 0.717) is 41.2 Å². The molecule has 1 aromatic heterocycles. The maximum atomic E-state index is 12.9. The number of ether oxygens (including phenoxy) is 2. The fourth-order valence-corrected chi connectivity index (χ4v) is 3.77. The van der Waals surface area contributed by atoms with Crippen molar-refractivity contribution in [1.29, 1.82) is 0 Å². The van der Waals surface area contributed by atoms with Gasteiger partial charge in [-0.3, -0.25) is 4.79 Å². The minimum atomic E-state index is -0.178. The van der Waals surface area contributed by atoms with E-state index in [1.165, 1.54) is 0 Å². The van der Waals surface area contributed by atoms with Crippen molar-refractivity contribution in [2.45, 2.75) is 6.54 Å². The molecular formula is C23H18ClN3O3. The van der Waals surface area contributed by atoms with Crippen LogP contribution >= 0.6 is 11.6 Å². The van der Waals surface area contributed by atoms with Gasteiger partial charge in [0.15, 0.2) is 11.5 Å². The quantitative estimate of drug-likeness (QED) is 0.517. The molecular weight excluding hydrogens is 402 g/mol. The Morgan fingerprint density at radius 3 is 2.63 bits per heavy atom. The lowest BCUT2D eigenvalue weighted by Gasteiger charge is -2.19. The number of amides is 1. The van der Waals surface area contributed by atoms with Gasteiger partial charge in [-0.1, -0.05) is 35.9 Å². The SMILES string of the molecule is O=C(Cn1c(-c2ccccc2Cl)nc2ccccc21)Nc1ccc2c(c1)OCCO2. The van der Waals surface area contributed by atoms with Crippen LogP contribution in [0.3, 0.4) is 0 Å². The smallest absolute Gasteiger partial charge is 0.244 e. The first kappa shape index (κ1) is 18.5. The van der Waals surface area contributed by atoms with E-state index in [4.69, 9.17) is 26.1 Å². The lowest BCUT2D eigenvalue weighted by atomic mass is 10.2. The van der Waals surface area contributed by atoms with Crippen LogP contribution in [-0.2, 0) is 11.3 Å². The number of benzene rings is 3. The summed E-state index contributed by atoms with van der Waals surface area (Å²) in [5.74, 6) is 1.78. The molecule has 30 heavy (non-hydrogen) atoms. The third-order valence-corrected chi connectivity index (χ3v) is 5.23. The van der Waals surface area contributed by atoms with Crippen LogP contribution in [0.4, 0.5) is 5.69 Å². The van der Waals surface area contributed by atoms with Crippen molar-refractivity contribution in [1.82, 2.24) is 9.55 Å². The molecule has 7 heteroatoms. The van der Waals surface area contributed by atoms with Gasteiger partial charge in [0, 0.05) is 17.3 Å². The van der Waals surface area contributed by atoms with Crippen molar-refractivity contribution < 1.29 is 14.3 Å². The fourth-order valence-electron chi connectivity index (χ4n) is 3.55. The van der Waals surface area contributed by atoms with Crippen LogP contribution in [0.5, 0.6) is 11.5 Å². The predicted octanol–water partition coefficient (Wildman–Crippen LogP) is 4.77. The Morgan fingerprint density at radius 2 is 1.77 bits per heavy atom. The van der Waals surface area contributed by atoms with E-state index in [1.54, 1.807) is 18.2 Å². The number of nitrogens with zero attached hydrogens (tertiary/aromatic N) is 2. The highest BCUT2D eigenvalue weighted by molar-refractivity contribution is 6.33. The molecule has 6 nitrogen and oxygen atoms in total. The molecule has 0 spiro atoms. The van der Waals surface area contributed by atoms with E-state index < -0.39 is 0 Å². The van der Waals surface area contributed by atoms with E-state index in [-0.39, 0.29) is 12.5 Å². The topological polar surface area (TPSA) is 65.4 Å². The van der Waals surface area contributed by atoms with Gasteiger partial charge < -0.3 is 19.4 Å². The molecule has 1 N–H and O–H groups in total. The molecule has 1 amide bonds. The number of para-hydroxylation sites is 2. The van der Waals surface area contributed by atoms with Crippen LogP contribution in [0, 0.1) is 0 Å². The molecule has 3 aromatic carbocycles. The summed E-state index contributed by atoms with van der Waals surface area (Å²) in [4.78, 5) is 17.6. The molecule has 0 radical (unpaired) electrons. The number of aromatic nitrogens is 2. The van der Waals surface area contributed by atoms with Crippen molar-refractivity contribution in [3.05, 3.63) is 71.8 Å². The number of rotatable bonds is 4. The van der Waals surface area contributed by atoms with Crippen molar-refractivity contribution in [3.8, 4) is 22.9 Å². The molecule has 2 heterocycles. The summed E-state index contributed by atoms with van der Waals surface area (Å²) in [5, 5.41) is 3.52. The maximum Gasteiger partial charge on any atom is 0.244 e. The van der Waals surface area contributed by atoms with Gasteiger partial charge in [-0.15, -0.1) is 0 Å². The molecule has 150 valence electrons. The highest BCUT2D eigenvalue weighted by Crippen LogP contribution is 2.33. The second-order valence-corrected chi connectivity index (χ2v) is 7.30. The molecule has 0 aliphatic carbocycles. The first-order chi connectivity index (χ1) is 14.7. The zero-order valence-corrected chi connectivity index (χ0v) is 16.7. The number of hydrogen-bond donors (Lipinski definition) is 1. The van der Waals surface area contributed by atoms with E-state index in [2.05, 4.69) is 5.32 Å². The summed E-state index contributed by atoms with van der Waals surface area (Å²) in [7, 11) is 0. The second kappa shape index (κ2) is 7.72. The molecule has 0 atom stereocenters. The molecule has 0 saturated heterocycles. The van der Waals surface area contributed by atoms with E-state index >= 15 is 0 Å². The van der Waals surface area contributed by atoms with Gasteiger partial charge in [-0.05, 0) is 36.4 Å². The van der Waals surface area contributed by atoms with Gasteiger partial charge >= 0.3 is 0 Å². The highest BCUT2D eigenvalue weighted by Gasteiger charge is 2.18. The van der Waals surface area contributed by atoms with Crippen LogP contribution in [0.15, 0.2) is 66.7 Å². The van der Waals surface area contributed by atoms with E-state index in [0.717, 1.165) is 16.6 Å². The Hall–Kier alpha value is -3.51. The Morgan fingerprint density at radius 1 is 1.00 bits per heavy atom. The maximum absolute atomic E-state index is 12.9. The van der Waals surface area contributed by atoms with Crippen molar-refractivity contribution >= 4 is 34.2 Å². The number of hydrogen-bond acceptors (Lipinski definition) is 4.